The summed E-state index contributed by atoms with van der Waals surface area (Å²) in [6, 6.07) is 5.11. The second-order valence-electron chi connectivity index (χ2n) is 5.68. The highest BCUT2D eigenvalue weighted by Crippen LogP contribution is 2.32. The Balaban J connectivity index is 2.16. The van der Waals surface area contributed by atoms with E-state index in [-0.39, 0.29) is 10.8 Å². The Morgan fingerprint density at radius 2 is 1.94 bits per heavy atom. The van der Waals surface area contributed by atoms with Crippen LogP contribution < -0.4 is 10.6 Å². The van der Waals surface area contributed by atoms with Crippen molar-refractivity contribution in [3.63, 3.8) is 0 Å². The first-order valence-corrected chi connectivity index (χ1v) is 6.64. The molecule has 1 saturated heterocycles. The number of thiocarbonyl (C=S) groups is 1. The van der Waals surface area contributed by atoms with E-state index in [1.165, 1.54) is 6.07 Å². The molecule has 0 saturated carbocycles. The number of rotatable bonds is 2. The summed E-state index contributed by atoms with van der Waals surface area (Å²) in [5.41, 5.74) is 7.10. The van der Waals surface area contributed by atoms with Gasteiger partial charge in [-0.1, -0.05) is 26.1 Å². The van der Waals surface area contributed by atoms with Crippen molar-refractivity contribution in [2.75, 3.05) is 18.0 Å². The van der Waals surface area contributed by atoms with Crippen molar-refractivity contribution in [1.82, 2.24) is 0 Å². The van der Waals surface area contributed by atoms with Crippen molar-refractivity contribution in [2.45, 2.75) is 26.7 Å². The fourth-order valence-electron chi connectivity index (χ4n) is 2.27. The zero-order valence-electron chi connectivity index (χ0n) is 10.9. The number of anilines is 1. The fourth-order valence-corrected chi connectivity index (χ4v) is 2.44. The van der Waals surface area contributed by atoms with Gasteiger partial charge in [0.1, 0.15) is 10.8 Å². The fraction of sp³-hybridized carbons (Fsp3) is 0.500. The zero-order chi connectivity index (χ0) is 13.3. The zero-order valence-corrected chi connectivity index (χ0v) is 11.7. The number of hydrogen-bond donors (Lipinski definition) is 1. The van der Waals surface area contributed by atoms with Crippen LogP contribution in [0.4, 0.5) is 10.1 Å². The second-order valence-corrected chi connectivity index (χ2v) is 6.12. The largest absolute Gasteiger partial charge is 0.389 e. The highest BCUT2D eigenvalue weighted by Gasteiger charge is 2.25. The van der Waals surface area contributed by atoms with Gasteiger partial charge in [0.2, 0.25) is 0 Å². The van der Waals surface area contributed by atoms with Crippen LogP contribution in [0.3, 0.4) is 0 Å². The molecule has 1 aliphatic heterocycles. The number of halogens is 1. The van der Waals surface area contributed by atoms with E-state index >= 15 is 0 Å². The maximum Gasteiger partial charge on any atom is 0.135 e. The lowest BCUT2D eigenvalue weighted by atomic mass is 9.82. The Labute approximate surface area is 113 Å². The Kier molecular flexibility index (Phi) is 3.57. The van der Waals surface area contributed by atoms with Crippen molar-refractivity contribution < 1.29 is 4.39 Å². The lowest BCUT2D eigenvalue weighted by molar-refractivity contribution is 0.280. The number of piperidine rings is 1. The highest BCUT2D eigenvalue weighted by molar-refractivity contribution is 7.80. The minimum Gasteiger partial charge on any atom is -0.389 e. The molecule has 18 heavy (non-hydrogen) atoms. The summed E-state index contributed by atoms with van der Waals surface area (Å²) in [6.45, 7) is 6.50. The van der Waals surface area contributed by atoms with Crippen LogP contribution in [0.15, 0.2) is 18.2 Å². The molecule has 2 nitrogen and oxygen atoms in total. The van der Waals surface area contributed by atoms with Crippen molar-refractivity contribution in [2.24, 2.45) is 11.1 Å². The Bertz CT molecular complexity index is 461. The summed E-state index contributed by atoms with van der Waals surface area (Å²) in [5, 5.41) is 0. The van der Waals surface area contributed by atoms with E-state index in [2.05, 4.69) is 18.7 Å². The molecule has 1 aromatic rings. The third-order valence-electron chi connectivity index (χ3n) is 3.70. The van der Waals surface area contributed by atoms with E-state index in [4.69, 9.17) is 18.0 Å². The van der Waals surface area contributed by atoms with Gasteiger partial charge < -0.3 is 10.6 Å². The van der Waals surface area contributed by atoms with Crippen LogP contribution in [0.1, 0.15) is 32.3 Å². The third-order valence-corrected chi connectivity index (χ3v) is 3.92. The molecule has 1 aromatic carbocycles. The SMILES string of the molecule is CC1(C)CCN(c2ccc(C(N)=S)c(F)c2)CC1. The standard InChI is InChI=1S/C14H19FN2S/c1-14(2)5-7-17(8-6-14)10-3-4-11(13(16)18)12(15)9-10/h3-4,9H,5-8H2,1-2H3,(H2,16,18). The van der Waals surface area contributed by atoms with Gasteiger partial charge >= 0.3 is 0 Å². The molecule has 0 aliphatic carbocycles. The van der Waals surface area contributed by atoms with E-state index in [0.29, 0.717) is 11.0 Å². The Morgan fingerprint density at radius 3 is 2.44 bits per heavy atom. The average Bonchev–Trinajstić information content (AvgIpc) is 2.28. The van der Waals surface area contributed by atoms with Crippen molar-refractivity contribution >= 4 is 22.9 Å². The van der Waals surface area contributed by atoms with Gasteiger partial charge in [0.25, 0.3) is 0 Å². The Morgan fingerprint density at radius 1 is 1.33 bits per heavy atom. The molecule has 0 atom stereocenters. The summed E-state index contributed by atoms with van der Waals surface area (Å²) >= 11 is 4.80. The van der Waals surface area contributed by atoms with E-state index in [0.717, 1.165) is 31.6 Å². The van der Waals surface area contributed by atoms with Gasteiger partial charge in [-0.25, -0.2) is 4.39 Å². The maximum atomic E-state index is 13.8. The lowest BCUT2D eigenvalue weighted by Crippen LogP contribution is -2.37. The second kappa shape index (κ2) is 4.84. The third kappa shape index (κ3) is 2.80. The molecule has 4 heteroatoms. The van der Waals surface area contributed by atoms with Crippen LogP contribution in [-0.2, 0) is 0 Å². The molecular formula is C14H19FN2S. The van der Waals surface area contributed by atoms with Gasteiger partial charge in [-0.3, -0.25) is 0 Å². The molecule has 1 fully saturated rings. The molecule has 0 amide bonds. The monoisotopic (exact) mass is 266 g/mol. The van der Waals surface area contributed by atoms with Crippen LogP contribution in [0.5, 0.6) is 0 Å². The molecular weight excluding hydrogens is 247 g/mol. The average molecular weight is 266 g/mol. The van der Waals surface area contributed by atoms with E-state index in [1.54, 1.807) is 6.07 Å². The highest BCUT2D eigenvalue weighted by atomic mass is 32.1. The molecule has 0 bridgehead atoms. The van der Waals surface area contributed by atoms with Crippen LogP contribution in [-0.4, -0.2) is 18.1 Å². The predicted octanol–water partition coefficient (Wildman–Crippen LogP) is 3.09. The van der Waals surface area contributed by atoms with Crippen molar-refractivity contribution in [3.8, 4) is 0 Å². The van der Waals surface area contributed by atoms with E-state index in [1.807, 2.05) is 6.07 Å². The molecule has 1 aliphatic rings. The lowest BCUT2D eigenvalue weighted by Gasteiger charge is -2.38. The van der Waals surface area contributed by atoms with Crippen molar-refractivity contribution in [1.29, 1.82) is 0 Å². The summed E-state index contributed by atoms with van der Waals surface area (Å²) < 4.78 is 13.8. The number of nitrogens with two attached hydrogens (primary N) is 1. The van der Waals surface area contributed by atoms with Gasteiger partial charge in [-0.15, -0.1) is 0 Å². The minimum absolute atomic E-state index is 0.110. The molecule has 2 N–H and O–H groups in total. The molecule has 0 unspecified atom stereocenters. The van der Waals surface area contributed by atoms with Crippen LogP contribution in [0.2, 0.25) is 0 Å². The molecule has 0 radical (unpaired) electrons. The first-order valence-electron chi connectivity index (χ1n) is 6.23. The topological polar surface area (TPSA) is 29.3 Å². The molecule has 0 spiro atoms. The quantitative estimate of drug-likeness (QED) is 0.834. The first kappa shape index (κ1) is 13.3. The normalized spacial score (nSPS) is 18.7. The van der Waals surface area contributed by atoms with Gasteiger partial charge in [-0.05, 0) is 36.5 Å². The summed E-state index contributed by atoms with van der Waals surface area (Å²) in [5.74, 6) is -0.329. The van der Waals surface area contributed by atoms with Gasteiger partial charge in [-0.2, -0.15) is 0 Å². The van der Waals surface area contributed by atoms with E-state index < -0.39 is 0 Å². The molecule has 0 aromatic heterocycles. The Hall–Kier alpha value is -1.16. The van der Waals surface area contributed by atoms with Crippen molar-refractivity contribution in [3.05, 3.63) is 29.6 Å². The summed E-state index contributed by atoms with van der Waals surface area (Å²) in [4.78, 5) is 2.33. The smallest absolute Gasteiger partial charge is 0.135 e. The summed E-state index contributed by atoms with van der Waals surface area (Å²) in [7, 11) is 0. The van der Waals surface area contributed by atoms with Gasteiger partial charge in [0.15, 0.2) is 0 Å². The number of hydrogen-bond acceptors (Lipinski definition) is 2. The maximum absolute atomic E-state index is 13.8. The molecule has 98 valence electrons. The number of benzene rings is 1. The molecule has 1 heterocycles. The van der Waals surface area contributed by atoms with Crippen LogP contribution in [0.25, 0.3) is 0 Å². The molecule has 2 rings (SSSR count). The van der Waals surface area contributed by atoms with Crippen LogP contribution >= 0.6 is 12.2 Å². The minimum atomic E-state index is -0.329. The van der Waals surface area contributed by atoms with E-state index in [9.17, 15) is 4.39 Å². The summed E-state index contributed by atoms with van der Waals surface area (Å²) in [6.07, 6.45) is 2.26. The first-order chi connectivity index (χ1) is 8.39. The van der Waals surface area contributed by atoms with Crippen LogP contribution in [0, 0.1) is 11.2 Å². The predicted molar refractivity (Wildman–Crippen MR) is 77.5 cm³/mol. The number of nitrogens with zero attached hydrogens (tertiary/aromatic N) is 1. The van der Waals surface area contributed by atoms with Gasteiger partial charge in [0, 0.05) is 24.3 Å². The van der Waals surface area contributed by atoms with Gasteiger partial charge in [0.05, 0.1) is 0 Å².